The van der Waals surface area contributed by atoms with Crippen molar-refractivity contribution in [2.75, 3.05) is 20.2 Å². The molecule has 0 bridgehead atoms. The van der Waals surface area contributed by atoms with Crippen molar-refractivity contribution in [2.45, 2.75) is 6.04 Å². The summed E-state index contributed by atoms with van der Waals surface area (Å²) in [6.45, 7) is 0.936. The number of aromatic nitrogens is 5. The number of nitrogens with zero attached hydrogens (tertiary/aromatic N) is 7. The molecule has 9 nitrogen and oxygen atoms in total. The molecule has 5 rings (SSSR count). The number of fused-ring (bicyclic) bond motifs is 1. The van der Waals surface area contributed by atoms with E-state index in [0.717, 1.165) is 5.56 Å². The molecule has 31 heavy (non-hydrogen) atoms. The molecule has 10 heteroatoms. The summed E-state index contributed by atoms with van der Waals surface area (Å²) in [6.07, 6.45) is 2.77. The molecule has 1 aromatic carbocycles. The van der Waals surface area contributed by atoms with Crippen molar-refractivity contribution >= 4 is 11.7 Å². The second-order valence-electron chi connectivity index (χ2n) is 7.13. The molecule has 154 valence electrons. The molecule has 1 saturated heterocycles. The van der Waals surface area contributed by atoms with Gasteiger partial charge in [-0.15, -0.1) is 0 Å². The fourth-order valence-electron chi connectivity index (χ4n) is 3.70. The Morgan fingerprint density at radius 2 is 1.97 bits per heavy atom. The minimum atomic E-state index is -0.381. The maximum atomic E-state index is 13.5. The predicted octanol–water partition coefficient (Wildman–Crippen LogP) is 2.89. The van der Waals surface area contributed by atoms with E-state index < -0.39 is 0 Å². The number of carbonyl (C=O) groups is 1. The number of imidazole rings is 2. The summed E-state index contributed by atoms with van der Waals surface area (Å²) >= 11 is 0. The minimum absolute atomic E-state index is 0.0217. The number of amides is 1. The number of ether oxygens (including phenoxy) is 1. The highest BCUT2D eigenvalue weighted by atomic mass is 19.1. The summed E-state index contributed by atoms with van der Waals surface area (Å²) in [4.78, 5) is 22.1. The van der Waals surface area contributed by atoms with Crippen LogP contribution in [0, 0.1) is 17.1 Å². The van der Waals surface area contributed by atoms with E-state index in [1.165, 1.54) is 30.0 Å². The monoisotopic (exact) mass is 417 g/mol. The Balaban J connectivity index is 1.63. The highest BCUT2D eigenvalue weighted by Crippen LogP contribution is 2.35. The van der Waals surface area contributed by atoms with Gasteiger partial charge in [0, 0.05) is 18.7 Å². The van der Waals surface area contributed by atoms with Gasteiger partial charge in [0.25, 0.3) is 0 Å². The molecule has 0 spiro atoms. The van der Waals surface area contributed by atoms with Crippen molar-refractivity contribution in [3.63, 3.8) is 0 Å². The average molecular weight is 417 g/mol. The predicted molar refractivity (Wildman–Crippen MR) is 107 cm³/mol. The number of likely N-dealkylation sites (tertiary alicyclic amines) is 1. The van der Waals surface area contributed by atoms with Crippen molar-refractivity contribution in [3.05, 3.63) is 60.4 Å². The number of hydrogen-bond acceptors (Lipinski definition) is 6. The third kappa shape index (κ3) is 3.07. The molecule has 0 atom stereocenters. The molecule has 1 aliphatic heterocycles. The maximum Gasteiger partial charge on any atom is 0.409 e. The molecular formula is C21H16FN7O2. The van der Waals surface area contributed by atoms with Crippen molar-refractivity contribution in [1.82, 2.24) is 29.0 Å². The zero-order valence-corrected chi connectivity index (χ0v) is 16.4. The number of halogens is 1. The molecule has 0 saturated carbocycles. The third-order valence-corrected chi connectivity index (χ3v) is 5.32. The van der Waals surface area contributed by atoms with Crippen LogP contribution in [0.5, 0.6) is 0 Å². The van der Waals surface area contributed by atoms with Crippen LogP contribution in [0.1, 0.15) is 11.7 Å². The van der Waals surface area contributed by atoms with Gasteiger partial charge in [0.05, 0.1) is 37.1 Å². The average Bonchev–Trinajstić information content (AvgIpc) is 3.36. The van der Waals surface area contributed by atoms with Crippen LogP contribution in [0.15, 0.2) is 48.9 Å². The second-order valence-corrected chi connectivity index (χ2v) is 7.13. The highest BCUT2D eigenvalue weighted by Gasteiger charge is 2.35. The fourth-order valence-corrected chi connectivity index (χ4v) is 3.70. The number of rotatable bonds is 3. The quantitative estimate of drug-likeness (QED) is 0.508. The van der Waals surface area contributed by atoms with E-state index in [-0.39, 0.29) is 18.0 Å². The van der Waals surface area contributed by atoms with Crippen LogP contribution in [-0.2, 0) is 4.74 Å². The van der Waals surface area contributed by atoms with Crippen molar-refractivity contribution in [2.24, 2.45) is 0 Å². The lowest BCUT2D eigenvalue weighted by Crippen LogP contribution is -2.50. The van der Waals surface area contributed by atoms with Crippen LogP contribution < -0.4 is 0 Å². The van der Waals surface area contributed by atoms with E-state index in [1.807, 2.05) is 4.57 Å². The standard InChI is InChI=1S/C21H16FN7O2/c1-31-21(30)27-10-16(11-27)28-12-25-19(13-2-4-14(22)5-3-13)20(28)17-6-7-18-24-9-15(8-23)29(18)26-17/h2-7,9,12,16H,10-11H2,1H3. The zero-order chi connectivity index (χ0) is 21.5. The van der Waals surface area contributed by atoms with Gasteiger partial charge >= 0.3 is 6.09 Å². The summed E-state index contributed by atoms with van der Waals surface area (Å²) in [5, 5.41) is 14.0. The van der Waals surface area contributed by atoms with E-state index in [9.17, 15) is 14.4 Å². The summed E-state index contributed by atoms with van der Waals surface area (Å²) in [5.74, 6) is -0.339. The molecule has 4 aromatic rings. The van der Waals surface area contributed by atoms with Gasteiger partial charge in [0.15, 0.2) is 11.3 Å². The summed E-state index contributed by atoms with van der Waals surface area (Å²) < 4.78 is 21.7. The van der Waals surface area contributed by atoms with E-state index in [1.54, 1.807) is 35.5 Å². The number of benzene rings is 1. The normalized spacial score (nSPS) is 13.8. The molecule has 0 radical (unpaired) electrons. The first-order chi connectivity index (χ1) is 15.1. The van der Waals surface area contributed by atoms with Crippen LogP contribution in [-0.4, -0.2) is 55.3 Å². The fraction of sp³-hybridized carbons (Fsp3) is 0.190. The Morgan fingerprint density at radius 3 is 2.68 bits per heavy atom. The van der Waals surface area contributed by atoms with Gasteiger partial charge in [-0.25, -0.2) is 23.7 Å². The summed E-state index contributed by atoms with van der Waals surface area (Å²) in [7, 11) is 1.35. The first-order valence-corrected chi connectivity index (χ1v) is 9.50. The largest absolute Gasteiger partial charge is 0.453 e. The van der Waals surface area contributed by atoms with Gasteiger partial charge in [0.1, 0.15) is 17.6 Å². The number of nitriles is 1. The summed E-state index contributed by atoms with van der Waals surface area (Å²) in [5.41, 5.74) is 3.51. The van der Waals surface area contributed by atoms with Crippen LogP contribution in [0.4, 0.5) is 9.18 Å². The number of hydrogen-bond donors (Lipinski definition) is 0. The maximum absolute atomic E-state index is 13.5. The van der Waals surface area contributed by atoms with Crippen LogP contribution in [0.3, 0.4) is 0 Å². The first kappa shape index (κ1) is 18.7. The van der Waals surface area contributed by atoms with E-state index in [2.05, 4.69) is 21.1 Å². The Hall–Kier alpha value is -4.26. The van der Waals surface area contributed by atoms with Gasteiger partial charge in [-0.05, 0) is 36.4 Å². The lowest BCUT2D eigenvalue weighted by atomic mass is 10.1. The Labute approximate surface area is 175 Å². The van der Waals surface area contributed by atoms with E-state index in [0.29, 0.717) is 41.5 Å². The van der Waals surface area contributed by atoms with Crippen LogP contribution >= 0.6 is 0 Å². The van der Waals surface area contributed by atoms with Crippen LogP contribution in [0.2, 0.25) is 0 Å². The lowest BCUT2D eigenvalue weighted by Gasteiger charge is -2.39. The minimum Gasteiger partial charge on any atom is -0.453 e. The first-order valence-electron chi connectivity index (χ1n) is 9.50. The smallest absolute Gasteiger partial charge is 0.409 e. The van der Waals surface area contributed by atoms with Gasteiger partial charge < -0.3 is 14.2 Å². The van der Waals surface area contributed by atoms with Crippen molar-refractivity contribution in [3.8, 4) is 28.7 Å². The van der Waals surface area contributed by atoms with Gasteiger partial charge in [-0.1, -0.05) is 0 Å². The van der Waals surface area contributed by atoms with Gasteiger partial charge in [-0.2, -0.15) is 10.4 Å². The second kappa shape index (κ2) is 7.21. The molecule has 1 fully saturated rings. The molecule has 3 aromatic heterocycles. The SMILES string of the molecule is COC(=O)N1CC(n2cnc(-c3ccc(F)cc3)c2-c2ccc3ncc(C#N)n3n2)C1. The number of methoxy groups -OCH3 is 1. The molecular weight excluding hydrogens is 401 g/mol. The Morgan fingerprint density at radius 1 is 1.19 bits per heavy atom. The van der Waals surface area contributed by atoms with Crippen LogP contribution in [0.25, 0.3) is 28.3 Å². The lowest BCUT2D eigenvalue weighted by molar-refractivity contribution is 0.0716. The third-order valence-electron chi connectivity index (χ3n) is 5.32. The number of carbonyl (C=O) groups excluding carboxylic acids is 1. The molecule has 0 aliphatic carbocycles. The summed E-state index contributed by atoms with van der Waals surface area (Å²) in [6, 6.07) is 11.7. The van der Waals surface area contributed by atoms with Crippen molar-refractivity contribution in [1.29, 1.82) is 5.26 Å². The highest BCUT2D eigenvalue weighted by molar-refractivity contribution is 5.77. The van der Waals surface area contributed by atoms with Gasteiger partial charge in [-0.3, -0.25) is 0 Å². The van der Waals surface area contributed by atoms with E-state index in [4.69, 9.17) is 4.74 Å². The topological polar surface area (TPSA) is 101 Å². The van der Waals surface area contributed by atoms with E-state index >= 15 is 0 Å². The van der Waals surface area contributed by atoms with Crippen molar-refractivity contribution < 1.29 is 13.9 Å². The zero-order valence-electron chi connectivity index (χ0n) is 16.4. The molecule has 1 aliphatic rings. The van der Waals surface area contributed by atoms with Gasteiger partial charge in [0.2, 0.25) is 0 Å². The molecule has 1 amide bonds. The molecule has 0 unspecified atom stereocenters. The molecule has 4 heterocycles. The Bertz CT molecular complexity index is 1330. The molecule has 0 N–H and O–H groups in total. The Kier molecular flexibility index (Phi) is 4.36.